The molecule has 0 aliphatic heterocycles. The van der Waals surface area contributed by atoms with Crippen LogP contribution in [0, 0.1) is 12.7 Å². The van der Waals surface area contributed by atoms with Crippen LogP contribution in [0.15, 0.2) is 47.0 Å². The first-order valence-corrected chi connectivity index (χ1v) is 6.71. The van der Waals surface area contributed by atoms with Gasteiger partial charge in [0.1, 0.15) is 5.82 Å². The molecule has 0 saturated carbocycles. The third-order valence-corrected chi connectivity index (χ3v) is 3.54. The van der Waals surface area contributed by atoms with Gasteiger partial charge in [-0.25, -0.2) is 4.39 Å². The van der Waals surface area contributed by atoms with Gasteiger partial charge in [0.25, 0.3) is 0 Å². The van der Waals surface area contributed by atoms with Crippen molar-refractivity contribution in [2.45, 2.75) is 6.92 Å². The lowest BCUT2D eigenvalue weighted by molar-refractivity contribution is 0.436. The van der Waals surface area contributed by atoms with E-state index in [9.17, 15) is 4.39 Å². The first kappa shape index (κ1) is 13.6. The highest BCUT2D eigenvalue weighted by Gasteiger charge is 2.18. The van der Waals surface area contributed by atoms with Crippen molar-refractivity contribution < 1.29 is 8.91 Å². The minimum absolute atomic E-state index is 0.258. The molecule has 21 heavy (non-hydrogen) atoms. The number of nitrogen functional groups attached to an aromatic ring is 1. The second kappa shape index (κ2) is 5.22. The SMILES string of the molecule is Cc1ccc(-c2onc(N)c2-c2ccc(Cl)cc2)cc1F. The molecular weight excluding hydrogens is 291 g/mol. The summed E-state index contributed by atoms with van der Waals surface area (Å²) in [4.78, 5) is 0. The van der Waals surface area contributed by atoms with Gasteiger partial charge in [-0.05, 0) is 36.2 Å². The highest BCUT2D eigenvalue weighted by atomic mass is 35.5. The Kier molecular flexibility index (Phi) is 3.39. The largest absolute Gasteiger partial charge is 0.380 e. The van der Waals surface area contributed by atoms with Crippen LogP contribution in [0.1, 0.15) is 5.56 Å². The van der Waals surface area contributed by atoms with Crippen LogP contribution < -0.4 is 5.73 Å². The fourth-order valence-corrected chi connectivity index (χ4v) is 2.26. The molecule has 3 aromatic rings. The van der Waals surface area contributed by atoms with E-state index in [1.54, 1.807) is 31.2 Å². The van der Waals surface area contributed by atoms with Crippen LogP contribution in [0.4, 0.5) is 10.2 Å². The second-order valence-corrected chi connectivity index (χ2v) is 5.18. The quantitative estimate of drug-likeness (QED) is 0.747. The van der Waals surface area contributed by atoms with Crippen molar-refractivity contribution in [1.82, 2.24) is 5.16 Å². The first-order valence-electron chi connectivity index (χ1n) is 6.34. The highest BCUT2D eigenvalue weighted by Crippen LogP contribution is 2.37. The lowest BCUT2D eigenvalue weighted by Crippen LogP contribution is -1.89. The molecule has 3 rings (SSSR count). The number of halogens is 2. The maximum Gasteiger partial charge on any atom is 0.177 e. The Labute approximate surface area is 126 Å². The van der Waals surface area contributed by atoms with Crippen LogP contribution in [0.25, 0.3) is 22.5 Å². The van der Waals surface area contributed by atoms with E-state index in [2.05, 4.69) is 5.16 Å². The van der Waals surface area contributed by atoms with Crippen molar-refractivity contribution in [3.05, 3.63) is 58.9 Å². The number of aromatic nitrogens is 1. The summed E-state index contributed by atoms with van der Waals surface area (Å²) in [6, 6.07) is 12.0. The molecule has 1 aromatic heterocycles. The van der Waals surface area contributed by atoms with Gasteiger partial charge in [-0.2, -0.15) is 0 Å². The Balaban J connectivity index is 2.16. The molecular formula is C16H12ClFN2O. The van der Waals surface area contributed by atoms with Gasteiger partial charge in [0.2, 0.25) is 0 Å². The van der Waals surface area contributed by atoms with Gasteiger partial charge in [0, 0.05) is 10.6 Å². The van der Waals surface area contributed by atoms with Crippen LogP contribution in [-0.4, -0.2) is 5.16 Å². The normalized spacial score (nSPS) is 10.8. The van der Waals surface area contributed by atoms with E-state index in [4.69, 9.17) is 21.9 Å². The number of nitrogens with zero attached hydrogens (tertiary/aromatic N) is 1. The zero-order valence-electron chi connectivity index (χ0n) is 11.2. The van der Waals surface area contributed by atoms with E-state index in [1.807, 2.05) is 12.1 Å². The van der Waals surface area contributed by atoms with E-state index in [-0.39, 0.29) is 11.6 Å². The van der Waals surface area contributed by atoms with Crippen molar-refractivity contribution in [2.24, 2.45) is 0 Å². The molecule has 2 N–H and O–H groups in total. The predicted octanol–water partition coefficient (Wildman–Crippen LogP) is 4.69. The molecule has 106 valence electrons. The summed E-state index contributed by atoms with van der Waals surface area (Å²) < 4.78 is 19.0. The number of rotatable bonds is 2. The molecule has 0 aliphatic rings. The monoisotopic (exact) mass is 302 g/mol. The third-order valence-electron chi connectivity index (χ3n) is 3.29. The molecule has 0 radical (unpaired) electrons. The van der Waals surface area contributed by atoms with E-state index in [1.165, 1.54) is 6.07 Å². The maximum absolute atomic E-state index is 13.7. The summed E-state index contributed by atoms with van der Waals surface area (Å²) in [7, 11) is 0. The number of hydrogen-bond donors (Lipinski definition) is 1. The summed E-state index contributed by atoms with van der Waals surface area (Å²) in [5, 5.41) is 4.41. The molecule has 0 amide bonds. The van der Waals surface area contributed by atoms with Crippen LogP contribution >= 0.6 is 11.6 Å². The van der Waals surface area contributed by atoms with Gasteiger partial charge in [-0.1, -0.05) is 41.0 Å². The number of anilines is 1. The first-order chi connectivity index (χ1) is 10.1. The molecule has 2 aromatic carbocycles. The lowest BCUT2D eigenvalue weighted by atomic mass is 10.0. The van der Waals surface area contributed by atoms with Gasteiger partial charge in [0.15, 0.2) is 11.6 Å². The molecule has 0 aliphatic carbocycles. The standard InChI is InChI=1S/C16H12ClFN2O/c1-9-2-3-11(8-13(9)18)15-14(16(19)20-21-15)10-4-6-12(17)7-5-10/h2-8H,1H3,(H2,19,20). The van der Waals surface area contributed by atoms with E-state index in [0.29, 0.717) is 27.5 Å². The fraction of sp³-hybridized carbons (Fsp3) is 0.0625. The molecule has 3 nitrogen and oxygen atoms in total. The van der Waals surface area contributed by atoms with Gasteiger partial charge >= 0.3 is 0 Å². The van der Waals surface area contributed by atoms with E-state index >= 15 is 0 Å². The number of hydrogen-bond acceptors (Lipinski definition) is 3. The van der Waals surface area contributed by atoms with Crippen molar-refractivity contribution >= 4 is 17.4 Å². The molecule has 1 heterocycles. The summed E-state index contributed by atoms with van der Waals surface area (Å²) in [5.41, 5.74) is 8.49. The van der Waals surface area contributed by atoms with Gasteiger partial charge in [-0.15, -0.1) is 0 Å². The van der Waals surface area contributed by atoms with Crippen molar-refractivity contribution in [3.63, 3.8) is 0 Å². The molecule has 0 atom stereocenters. The summed E-state index contributed by atoms with van der Waals surface area (Å²) >= 11 is 5.89. The molecule has 0 unspecified atom stereocenters. The minimum Gasteiger partial charge on any atom is -0.380 e. The highest BCUT2D eigenvalue weighted by molar-refractivity contribution is 6.30. The minimum atomic E-state index is -0.301. The Morgan fingerprint density at radius 3 is 2.43 bits per heavy atom. The Hall–Kier alpha value is -2.33. The van der Waals surface area contributed by atoms with E-state index in [0.717, 1.165) is 5.56 Å². The third kappa shape index (κ3) is 2.50. The Morgan fingerprint density at radius 1 is 1.10 bits per heavy atom. The number of aryl methyl sites for hydroxylation is 1. The van der Waals surface area contributed by atoms with Crippen LogP contribution in [-0.2, 0) is 0 Å². The molecule has 0 fully saturated rings. The Morgan fingerprint density at radius 2 is 1.76 bits per heavy atom. The van der Waals surface area contributed by atoms with Crippen molar-refractivity contribution in [2.75, 3.05) is 5.73 Å². The van der Waals surface area contributed by atoms with Crippen LogP contribution in [0.3, 0.4) is 0 Å². The summed E-state index contributed by atoms with van der Waals surface area (Å²) in [6.45, 7) is 1.70. The Bertz CT molecular complexity index is 797. The van der Waals surface area contributed by atoms with Gasteiger partial charge in [-0.3, -0.25) is 0 Å². The summed E-state index contributed by atoms with van der Waals surface area (Å²) in [5.74, 6) is 0.395. The average molecular weight is 303 g/mol. The lowest BCUT2D eigenvalue weighted by Gasteiger charge is -2.04. The topological polar surface area (TPSA) is 52.0 Å². The van der Waals surface area contributed by atoms with Crippen molar-refractivity contribution in [3.8, 4) is 22.5 Å². The molecule has 0 bridgehead atoms. The zero-order chi connectivity index (χ0) is 15.0. The van der Waals surface area contributed by atoms with E-state index < -0.39 is 0 Å². The number of nitrogens with two attached hydrogens (primary N) is 1. The maximum atomic E-state index is 13.7. The summed E-state index contributed by atoms with van der Waals surface area (Å²) in [6.07, 6.45) is 0. The average Bonchev–Trinajstić information content (AvgIpc) is 2.85. The molecule has 0 saturated heterocycles. The zero-order valence-corrected chi connectivity index (χ0v) is 12.0. The smallest absolute Gasteiger partial charge is 0.177 e. The van der Waals surface area contributed by atoms with Gasteiger partial charge < -0.3 is 10.3 Å². The van der Waals surface area contributed by atoms with Crippen LogP contribution in [0.5, 0.6) is 0 Å². The van der Waals surface area contributed by atoms with Crippen LogP contribution in [0.2, 0.25) is 5.02 Å². The van der Waals surface area contributed by atoms with Crippen molar-refractivity contribution in [1.29, 1.82) is 0 Å². The number of benzene rings is 2. The fourth-order valence-electron chi connectivity index (χ4n) is 2.13. The second-order valence-electron chi connectivity index (χ2n) is 4.74. The predicted molar refractivity (Wildman–Crippen MR) is 81.5 cm³/mol. The van der Waals surface area contributed by atoms with Gasteiger partial charge in [0.05, 0.1) is 5.56 Å². The molecule has 5 heteroatoms. The molecule has 0 spiro atoms.